The van der Waals surface area contributed by atoms with Crippen LogP contribution in [0.25, 0.3) is 0 Å². The molecule has 0 aromatic carbocycles. The lowest BCUT2D eigenvalue weighted by molar-refractivity contribution is 0.156. The molecule has 3 rings (SSSR count). The van der Waals surface area contributed by atoms with Gasteiger partial charge in [0.2, 0.25) is 0 Å². The smallest absolute Gasteiger partial charge is 0.122 e. The predicted octanol–water partition coefficient (Wildman–Crippen LogP) is 3.93. The highest BCUT2D eigenvalue weighted by molar-refractivity contribution is 5.17. The van der Waals surface area contributed by atoms with E-state index in [1.165, 1.54) is 50.5 Å². The molecule has 1 N–H and O–H groups in total. The van der Waals surface area contributed by atoms with Gasteiger partial charge in [-0.1, -0.05) is 13.3 Å². The average Bonchev–Trinajstić information content (AvgIpc) is 3.25. The highest BCUT2D eigenvalue weighted by Gasteiger charge is 2.24. The van der Waals surface area contributed by atoms with Gasteiger partial charge in [0, 0.05) is 24.2 Å². The van der Waals surface area contributed by atoms with Crippen LogP contribution in [0.5, 0.6) is 0 Å². The van der Waals surface area contributed by atoms with E-state index in [0.29, 0.717) is 0 Å². The second kappa shape index (κ2) is 6.97. The van der Waals surface area contributed by atoms with E-state index in [2.05, 4.69) is 30.3 Å². The molecule has 1 aromatic rings. The fourth-order valence-corrected chi connectivity index (χ4v) is 3.58. The Balaban J connectivity index is 1.50. The van der Waals surface area contributed by atoms with Crippen LogP contribution in [0.1, 0.15) is 63.2 Å². The zero-order valence-corrected chi connectivity index (χ0v) is 13.6. The fraction of sp³-hybridized carbons (Fsp3) is 0.778. The Bertz CT molecular complexity index is 430. The van der Waals surface area contributed by atoms with Crippen molar-refractivity contribution < 1.29 is 4.42 Å². The van der Waals surface area contributed by atoms with E-state index < -0.39 is 0 Å². The zero-order chi connectivity index (χ0) is 14.7. The van der Waals surface area contributed by atoms with Gasteiger partial charge in [-0.05, 0) is 57.6 Å². The number of nitrogens with one attached hydrogen (secondary N) is 1. The van der Waals surface area contributed by atoms with E-state index in [0.717, 1.165) is 36.9 Å². The van der Waals surface area contributed by atoms with Crippen LogP contribution in [-0.2, 0) is 13.1 Å². The summed E-state index contributed by atoms with van der Waals surface area (Å²) in [5.74, 6) is 2.11. The normalized spacial score (nSPS) is 26.4. The molecule has 2 saturated carbocycles. The fourth-order valence-electron chi connectivity index (χ4n) is 3.58. The Morgan fingerprint density at radius 2 is 1.95 bits per heavy atom. The first kappa shape index (κ1) is 15.1. The van der Waals surface area contributed by atoms with Crippen molar-refractivity contribution >= 4 is 0 Å². The van der Waals surface area contributed by atoms with Crippen LogP contribution < -0.4 is 5.32 Å². The Hall–Kier alpha value is -0.800. The highest BCUT2D eigenvalue weighted by atomic mass is 16.3. The summed E-state index contributed by atoms with van der Waals surface area (Å²) in [6.45, 7) is 4.25. The summed E-state index contributed by atoms with van der Waals surface area (Å²) in [6, 6.07) is 3.65. The molecule has 2 fully saturated rings. The van der Waals surface area contributed by atoms with Crippen LogP contribution in [0, 0.1) is 5.92 Å². The quantitative estimate of drug-likeness (QED) is 0.824. The summed E-state index contributed by atoms with van der Waals surface area (Å²) in [5, 5.41) is 3.55. The number of rotatable bonds is 7. The van der Waals surface area contributed by atoms with Gasteiger partial charge in [0.15, 0.2) is 0 Å². The minimum atomic E-state index is 0.741. The molecule has 2 aliphatic carbocycles. The van der Waals surface area contributed by atoms with Crippen LogP contribution in [0.4, 0.5) is 0 Å². The van der Waals surface area contributed by atoms with Crippen molar-refractivity contribution in [1.82, 2.24) is 10.2 Å². The first-order chi connectivity index (χ1) is 10.3. The van der Waals surface area contributed by atoms with E-state index in [1.807, 2.05) is 6.26 Å². The molecule has 0 unspecified atom stereocenters. The average molecular weight is 290 g/mol. The van der Waals surface area contributed by atoms with Crippen LogP contribution in [0.3, 0.4) is 0 Å². The van der Waals surface area contributed by atoms with Gasteiger partial charge in [0.05, 0.1) is 12.8 Å². The first-order valence-corrected chi connectivity index (χ1v) is 8.75. The highest BCUT2D eigenvalue weighted by Crippen LogP contribution is 2.30. The van der Waals surface area contributed by atoms with Crippen molar-refractivity contribution in [2.75, 3.05) is 7.05 Å². The molecule has 1 heterocycles. The van der Waals surface area contributed by atoms with Crippen molar-refractivity contribution in [3.63, 3.8) is 0 Å². The molecule has 118 valence electrons. The molecular formula is C18H30N2O. The van der Waals surface area contributed by atoms with Gasteiger partial charge in [-0.2, -0.15) is 0 Å². The first-order valence-electron chi connectivity index (χ1n) is 8.75. The van der Waals surface area contributed by atoms with Gasteiger partial charge in [-0.15, -0.1) is 0 Å². The van der Waals surface area contributed by atoms with E-state index in [4.69, 9.17) is 4.42 Å². The van der Waals surface area contributed by atoms with Gasteiger partial charge < -0.3 is 9.73 Å². The van der Waals surface area contributed by atoms with Crippen LogP contribution in [-0.4, -0.2) is 24.0 Å². The van der Waals surface area contributed by atoms with Gasteiger partial charge in [-0.25, -0.2) is 0 Å². The third-order valence-electron chi connectivity index (χ3n) is 5.40. The Morgan fingerprint density at radius 3 is 2.62 bits per heavy atom. The van der Waals surface area contributed by atoms with Gasteiger partial charge in [0.1, 0.15) is 5.76 Å². The van der Waals surface area contributed by atoms with Crippen molar-refractivity contribution in [2.24, 2.45) is 5.92 Å². The molecule has 0 amide bonds. The third kappa shape index (κ3) is 4.10. The molecule has 2 aliphatic rings. The van der Waals surface area contributed by atoms with Gasteiger partial charge in [-0.3, -0.25) is 4.90 Å². The zero-order valence-electron chi connectivity index (χ0n) is 13.6. The van der Waals surface area contributed by atoms with Crippen molar-refractivity contribution in [2.45, 2.75) is 77.0 Å². The van der Waals surface area contributed by atoms with Crippen LogP contribution in [0.2, 0.25) is 0 Å². The number of hydrogen-bond donors (Lipinski definition) is 1. The predicted molar refractivity (Wildman–Crippen MR) is 86.1 cm³/mol. The topological polar surface area (TPSA) is 28.4 Å². The van der Waals surface area contributed by atoms with Crippen LogP contribution in [0.15, 0.2) is 16.7 Å². The summed E-state index contributed by atoms with van der Waals surface area (Å²) in [6.07, 6.45) is 11.4. The molecule has 3 nitrogen and oxygen atoms in total. The third-order valence-corrected chi connectivity index (χ3v) is 5.40. The minimum absolute atomic E-state index is 0.741. The van der Waals surface area contributed by atoms with E-state index in [1.54, 1.807) is 0 Å². The van der Waals surface area contributed by atoms with E-state index in [-0.39, 0.29) is 0 Å². The molecule has 0 radical (unpaired) electrons. The lowest BCUT2D eigenvalue weighted by Crippen LogP contribution is -2.34. The summed E-state index contributed by atoms with van der Waals surface area (Å²) >= 11 is 0. The Labute approximate surface area is 129 Å². The van der Waals surface area contributed by atoms with Crippen molar-refractivity contribution in [1.29, 1.82) is 0 Å². The maximum Gasteiger partial charge on any atom is 0.122 e. The SMILES string of the molecule is CCC1CCC(N(C)Cc2ccoc2CNC2CC2)CC1. The standard InChI is InChI=1S/C18H30N2O/c1-3-14-4-8-17(9-5-14)20(2)13-15-10-11-21-18(15)12-19-16-6-7-16/h10-11,14,16-17,19H,3-9,12-13H2,1-2H3. The van der Waals surface area contributed by atoms with E-state index in [9.17, 15) is 0 Å². The summed E-state index contributed by atoms with van der Waals surface area (Å²) in [7, 11) is 2.28. The van der Waals surface area contributed by atoms with Crippen molar-refractivity contribution in [3.05, 3.63) is 23.7 Å². The molecule has 21 heavy (non-hydrogen) atoms. The largest absolute Gasteiger partial charge is 0.468 e. The molecule has 0 atom stereocenters. The number of hydrogen-bond acceptors (Lipinski definition) is 3. The monoisotopic (exact) mass is 290 g/mol. The molecule has 0 aliphatic heterocycles. The van der Waals surface area contributed by atoms with E-state index >= 15 is 0 Å². The molecule has 3 heteroatoms. The molecule has 0 bridgehead atoms. The Morgan fingerprint density at radius 1 is 1.19 bits per heavy atom. The minimum Gasteiger partial charge on any atom is -0.468 e. The second-order valence-corrected chi connectivity index (χ2v) is 7.02. The number of furan rings is 1. The maximum atomic E-state index is 5.68. The van der Waals surface area contributed by atoms with Crippen molar-refractivity contribution in [3.8, 4) is 0 Å². The summed E-state index contributed by atoms with van der Waals surface area (Å²) in [5.41, 5.74) is 1.36. The van der Waals surface area contributed by atoms with Gasteiger partial charge in [0.25, 0.3) is 0 Å². The van der Waals surface area contributed by atoms with Crippen LogP contribution >= 0.6 is 0 Å². The molecule has 0 saturated heterocycles. The number of nitrogens with zero attached hydrogens (tertiary/aromatic N) is 1. The maximum absolute atomic E-state index is 5.68. The molecule has 1 aromatic heterocycles. The lowest BCUT2D eigenvalue weighted by Gasteiger charge is -2.34. The Kier molecular flexibility index (Phi) is 5.02. The molecule has 0 spiro atoms. The lowest BCUT2D eigenvalue weighted by atomic mass is 9.84. The second-order valence-electron chi connectivity index (χ2n) is 7.02. The summed E-state index contributed by atoms with van der Waals surface area (Å²) < 4.78 is 5.68. The van der Waals surface area contributed by atoms with Gasteiger partial charge >= 0.3 is 0 Å². The summed E-state index contributed by atoms with van der Waals surface area (Å²) in [4.78, 5) is 2.54. The molecular weight excluding hydrogens is 260 g/mol.